The third-order valence-corrected chi connectivity index (χ3v) is 6.99. The van der Waals surface area contributed by atoms with Gasteiger partial charge in [0.15, 0.2) is 5.96 Å². The number of aryl methyl sites for hydroxylation is 1. The van der Waals surface area contributed by atoms with Crippen LogP contribution in [0.2, 0.25) is 0 Å². The highest BCUT2D eigenvalue weighted by Crippen LogP contribution is 2.32. The summed E-state index contributed by atoms with van der Waals surface area (Å²) >= 11 is 0. The fourth-order valence-corrected chi connectivity index (χ4v) is 5.09. The molecule has 0 saturated carbocycles. The van der Waals surface area contributed by atoms with Crippen LogP contribution < -0.4 is 10.0 Å². The maximum atomic E-state index is 12.3. The van der Waals surface area contributed by atoms with E-state index in [1.54, 1.807) is 30.1 Å². The van der Waals surface area contributed by atoms with Crippen molar-refractivity contribution in [1.29, 1.82) is 0 Å². The van der Waals surface area contributed by atoms with E-state index < -0.39 is 10.0 Å². The third kappa shape index (κ3) is 6.95. The van der Waals surface area contributed by atoms with Gasteiger partial charge in [-0.2, -0.15) is 0 Å². The van der Waals surface area contributed by atoms with Crippen LogP contribution in [0.15, 0.2) is 58.7 Å². The Labute approximate surface area is 203 Å². The highest BCUT2D eigenvalue weighted by molar-refractivity contribution is 14.0. The number of hydrogen-bond acceptors (Lipinski definition) is 3. The van der Waals surface area contributed by atoms with Crippen molar-refractivity contribution in [3.05, 3.63) is 54.4 Å². The van der Waals surface area contributed by atoms with E-state index in [9.17, 15) is 8.42 Å². The number of nitrogens with one attached hydrogen (secondary N) is 2. The van der Waals surface area contributed by atoms with E-state index in [1.807, 2.05) is 6.92 Å². The van der Waals surface area contributed by atoms with E-state index >= 15 is 0 Å². The minimum atomic E-state index is -3.50. The molecule has 9 heteroatoms. The van der Waals surface area contributed by atoms with Gasteiger partial charge in [0.25, 0.3) is 0 Å². The molecular formula is C22H34IN5O2S. The van der Waals surface area contributed by atoms with Gasteiger partial charge in [0.2, 0.25) is 10.0 Å². The molecule has 1 aliphatic rings. The first-order valence-electron chi connectivity index (χ1n) is 10.6. The number of aliphatic imine (C=N–C) groups is 1. The smallest absolute Gasteiger partial charge is 0.242 e. The van der Waals surface area contributed by atoms with Crippen molar-refractivity contribution in [3.8, 4) is 0 Å². The van der Waals surface area contributed by atoms with Crippen LogP contribution in [0.25, 0.3) is 0 Å². The van der Waals surface area contributed by atoms with E-state index in [0.29, 0.717) is 18.4 Å². The van der Waals surface area contributed by atoms with Crippen molar-refractivity contribution in [1.82, 2.24) is 19.5 Å². The summed E-state index contributed by atoms with van der Waals surface area (Å²) in [6.07, 6.45) is 4.39. The average molecular weight is 560 g/mol. The Hall–Kier alpha value is -1.59. The van der Waals surface area contributed by atoms with Gasteiger partial charge in [-0.1, -0.05) is 37.3 Å². The summed E-state index contributed by atoms with van der Waals surface area (Å²) in [4.78, 5) is 7.24. The van der Waals surface area contributed by atoms with E-state index in [1.165, 1.54) is 5.56 Å². The van der Waals surface area contributed by atoms with Crippen LogP contribution in [0.4, 0.5) is 0 Å². The fraction of sp³-hybridized carbons (Fsp3) is 0.500. The maximum Gasteiger partial charge on any atom is 0.242 e. The lowest BCUT2D eigenvalue weighted by atomic mass is 9.82. The zero-order valence-corrected chi connectivity index (χ0v) is 21.6. The Morgan fingerprint density at radius 3 is 2.58 bits per heavy atom. The standard InChI is InChI=1S/C22H33N5O2S.HI/c1-4-23-22(24-12-13-25-30(28,29)20-10-14-26(3)17-20)27-15-11-21(18(2)16-27)19-8-6-5-7-9-19;/h5-10,14,17-18,21,25H,4,11-13,15-16H2,1-3H3,(H,23,24);1H. The molecule has 0 aliphatic carbocycles. The molecule has 2 aromatic rings. The van der Waals surface area contributed by atoms with Crippen LogP contribution >= 0.6 is 24.0 Å². The summed E-state index contributed by atoms with van der Waals surface area (Å²) in [5.74, 6) is 1.93. The third-order valence-electron chi connectivity index (χ3n) is 5.55. The highest BCUT2D eigenvalue weighted by atomic mass is 127. The Kier molecular flexibility index (Phi) is 9.83. The van der Waals surface area contributed by atoms with Crippen molar-refractivity contribution >= 4 is 40.0 Å². The average Bonchev–Trinajstić information content (AvgIpc) is 3.18. The van der Waals surface area contributed by atoms with E-state index in [0.717, 1.165) is 32.0 Å². The van der Waals surface area contributed by atoms with Gasteiger partial charge in [0.05, 0.1) is 11.4 Å². The van der Waals surface area contributed by atoms with Crippen LogP contribution in [0.1, 0.15) is 31.7 Å². The molecule has 31 heavy (non-hydrogen) atoms. The lowest BCUT2D eigenvalue weighted by molar-refractivity contribution is 0.234. The predicted octanol–water partition coefficient (Wildman–Crippen LogP) is 3.01. The number of rotatable bonds is 7. The molecule has 2 N–H and O–H groups in total. The number of benzene rings is 1. The molecular weight excluding hydrogens is 525 g/mol. The molecule has 172 valence electrons. The summed E-state index contributed by atoms with van der Waals surface area (Å²) in [5.41, 5.74) is 1.40. The Morgan fingerprint density at radius 2 is 1.97 bits per heavy atom. The molecule has 1 aromatic carbocycles. The van der Waals surface area contributed by atoms with Gasteiger partial charge in [0, 0.05) is 45.6 Å². The van der Waals surface area contributed by atoms with Crippen molar-refractivity contribution in [2.24, 2.45) is 18.0 Å². The fourth-order valence-electron chi connectivity index (χ4n) is 4.02. The van der Waals surface area contributed by atoms with E-state index in [2.05, 4.69) is 57.2 Å². The highest BCUT2D eigenvalue weighted by Gasteiger charge is 2.28. The van der Waals surface area contributed by atoms with Crippen LogP contribution in [0.5, 0.6) is 0 Å². The van der Waals surface area contributed by atoms with Gasteiger partial charge in [-0.3, -0.25) is 4.99 Å². The molecule has 0 spiro atoms. The minimum Gasteiger partial charge on any atom is -0.357 e. The summed E-state index contributed by atoms with van der Waals surface area (Å²) in [5, 5.41) is 3.36. The minimum absolute atomic E-state index is 0. The molecule has 1 fully saturated rings. The van der Waals surface area contributed by atoms with E-state index in [4.69, 9.17) is 0 Å². The normalized spacial score (nSPS) is 19.7. The number of nitrogens with zero attached hydrogens (tertiary/aromatic N) is 3. The van der Waals surface area contributed by atoms with Crippen LogP contribution in [-0.2, 0) is 17.1 Å². The predicted molar refractivity (Wildman–Crippen MR) is 137 cm³/mol. The first-order chi connectivity index (χ1) is 14.4. The number of aromatic nitrogens is 1. The van der Waals surface area contributed by atoms with Gasteiger partial charge in [-0.05, 0) is 36.8 Å². The van der Waals surface area contributed by atoms with Crippen LogP contribution in [0, 0.1) is 5.92 Å². The molecule has 0 amide bonds. The number of likely N-dealkylation sites (tertiary alicyclic amines) is 1. The lowest BCUT2D eigenvalue weighted by Crippen LogP contribution is -2.48. The van der Waals surface area contributed by atoms with Crippen LogP contribution in [-0.4, -0.2) is 56.6 Å². The molecule has 1 aromatic heterocycles. The molecule has 2 atom stereocenters. The summed E-state index contributed by atoms with van der Waals surface area (Å²) < 4.78 is 29.0. The molecule has 2 heterocycles. The first-order valence-corrected chi connectivity index (χ1v) is 12.1. The first kappa shape index (κ1) is 25.7. The topological polar surface area (TPSA) is 78.7 Å². The molecule has 0 bridgehead atoms. The number of sulfonamides is 1. The van der Waals surface area contributed by atoms with Gasteiger partial charge in [-0.25, -0.2) is 13.1 Å². The van der Waals surface area contributed by atoms with Crippen molar-refractivity contribution in [3.63, 3.8) is 0 Å². The number of guanidine groups is 1. The second-order valence-electron chi connectivity index (χ2n) is 7.88. The van der Waals surface area contributed by atoms with Gasteiger partial charge in [-0.15, -0.1) is 24.0 Å². The second-order valence-corrected chi connectivity index (χ2v) is 9.64. The van der Waals surface area contributed by atoms with Crippen molar-refractivity contribution in [2.45, 2.75) is 31.1 Å². The summed E-state index contributed by atoms with van der Waals surface area (Å²) in [6.45, 7) is 7.65. The quantitative estimate of drug-likeness (QED) is 0.237. The van der Waals surface area contributed by atoms with Gasteiger partial charge < -0.3 is 14.8 Å². The molecule has 3 rings (SSSR count). The number of piperidine rings is 1. The van der Waals surface area contributed by atoms with Gasteiger partial charge >= 0.3 is 0 Å². The maximum absolute atomic E-state index is 12.3. The van der Waals surface area contributed by atoms with Crippen LogP contribution in [0.3, 0.4) is 0 Å². The van der Waals surface area contributed by atoms with E-state index in [-0.39, 0.29) is 35.4 Å². The zero-order valence-electron chi connectivity index (χ0n) is 18.5. The molecule has 7 nitrogen and oxygen atoms in total. The molecule has 0 radical (unpaired) electrons. The largest absolute Gasteiger partial charge is 0.357 e. The zero-order chi connectivity index (χ0) is 21.6. The number of hydrogen-bond donors (Lipinski definition) is 2. The second kappa shape index (κ2) is 11.9. The Balaban J connectivity index is 0.00000341. The SMILES string of the molecule is CCNC(=NCCNS(=O)(=O)c1ccn(C)c1)N1CCC(c2ccccc2)C(C)C1.I. The summed E-state index contributed by atoms with van der Waals surface area (Å²) in [6, 6.07) is 12.3. The Morgan fingerprint density at radius 1 is 1.23 bits per heavy atom. The molecule has 1 aliphatic heterocycles. The monoisotopic (exact) mass is 559 g/mol. The molecule has 1 saturated heterocycles. The summed E-state index contributed by atoms with van der Waals surface area (Å²) in [7, 11) is -1.70. The van der Waals surface area contributed by atoms with Crippen molar-refractivity contribution in [2.75, 3.05) is 32.7 Å². The molecule has 2 unspecified atom stereocenters. The van der Waals surface area contributed by atoms with Gasteiger partial charge in [0.1, 0.15) is 0 Å². The Bertz CT molecular complexity index is 946. The lowest BCUT2D eigenvalue weighted by Gasteiger charge is -2.39. The number of halogens is 1. The van der Waals surface area contributed by atoms with Crippen molar-refractivity contribution < 1.29 is 8.42 Å².